The maximum Gasteiger partial charge on any atom is 0.258 e. The van der Waals surface area contributed by atoms with Gasteiger partial charge >= 0.3 is 0 Å². The number of hydrogen-bond acceptors (Lipinski definition) is 3. The number of likely N-dealkylation sites (N-methyl/N-ethyl adjacent to an activating group) is 1. The highest BCUT2D eigenvalue weighted by Gasteiger charge is 2.27. The summed E-state index contributed by atoms with van der Waals surface area (Å²) in [5.41, 5.74) is -0.771. The Morgan fingerprint density at radius 2 is 1.73 bits per heavy atom. The van der Waals surface area contributed by atoms with Crippen LogP contribution in [0.5, 0.6) is 5.75 Å². The van der Waals surface area contributed by atoms with Gasteiger partial charge in [-0.2, -0.15) is 0 Å². The minimum Gasteiger partial charge on any atom is -0.508 e. The largest absolute Gasteiger partial charge is 0.508 e. The van der Waals surface area contributed by atoms with Gasteiger partial charge in [0.1, 0.15) is 11.4 Å². The first-order valence-electron chi connectivity index (χ1n) is 4.62. The van der Waals surface area contributed by atoms with E-state index in [1.165, 1.54) is 30.9 Å². The zero-order valence-corrected chi connectivity index (χ0v) is 9.06. The number of carbonyl (C=O) groups is 1. The predicted molar refractivity (Wildman–Crippen MR) is 57.8 cm³/mol. The lowest BCUT2D eigenvalue weighted by Gasteiger charge is -2.24. The van der Waals surface area contributed by atoms with Crippen LogP contribution in [0.25, 0.3) is 0 Å². The Morgan fingerprint density at radius 1 is 1.27 bits per heavy atom. The second-order valence-electron chi connectivity index (χ2n) is 3.94. The molecule has 2 N–H and O–H groups in total. The Kier molecular flexibility index (Phi) is 3.00. The number of carbonyl (C=O) groups excluding carboxylic acids is 1. The highest BCUT2D eigenvalue weighted by molar-refractivity contribution is 5.98. The summed E-state index contributed by atoms with van der Waals surface area (Å²) in [5.74, 6) is -0.254. The summed E-state index contributed by atoms with van der Waals surface area (Å²) in [6.45, 7) is 2.87. The quantitative estimate of drug-likeness (QED) is 0.767. The summed E-state index contributed by atoms with van der Waals surface area (Å²) in [4.78, 5) is 13.0. The summed E-state index contributed by atoms with van der Waals surface area (Å²) in [7, 11) is 1.58. The molecule has 0 heterocycles. The summed E-state index contributed by atoms with van der Waals surface area (Å²) in [5, 5.41) is 18.6. The molecular formula is C11H15NO3. The molecule has 4 heteroatoms. The fraction of sp³-hybridized carbons (Fsp3) is 0.364. The van der Waals surface area contributed by atoms with E-state index < -0.39 is 11.5 Å². The Bertz CT molecular complexity index is 351. The lowest BCUT2D eigenvalue weighted by molar-refractivity contribution is -0.133. The second-order valence-corrected chi connectivity index (χ2v) is 3.94. The zero-order chi connectivity index (χ0) is 11.6. The first kappa shape index (κ1) is 11.5. The Labute approximate surface area is 88.8 Å². The summed E-state index contributed by atoms with van der Waals surface area (Å²) < 4.78 is 0. The van der Waals surface area contributed by atoms with Crippen molar-refractivity contribution in [3.63, 3.8) is 0 Å². The fourth-order valence-electron chi connectivity index (χ4n) is 1.20. The molecule has 0 radical (unpaired) electrons. The van der Waals surface area contributed by atoms with E-state index in [9.17, 15) is 9.90 Å². The van der Waals surface area contributed by atoms with E-state index in [2.05, 4.69) is 0 Å². The molecule has 0 unspecified atom stereocenters. The zero-order valence-electron chi connectivity index (χ0n) is 9.06. The molecule has 1 aromatic carbocycles. The summed E-state index contributed by atoms with van der Waals surface area (Å²) in [6.07, 6.45) is 0. The van der Waals surface area contributed by atoms with Crippen LogP contribution in [0.15, 0.2) is 24.3 Å². The molecule has 0 atom stereocenters. The van der Waals surface area contributed by atoms with Crippen molar-refractivity contribution in [1.82, 2.24) is 0 Å². The molecule has 0 fully saturated rings. The minimum atomic E-state index is -1.40. The third kappa shape index (κ3) is 2.70. The Hall–Kier alpha value is -1.55. The van der Waals surface area contributed by atoms with E-state index in [4.69, 9.17) is 5.11 Å². The van der Waals surface area contributed by atoms with Gasteiger partial charge < -0.3 is 15.1 Å². The third-order valence-electron chi connectivity index (χ3n) is 2.07. The van der Waals surface area contributed by atoms with Gasteiger partial charge in [-0.3, -0.25) is 4.79 Å². The number of hydrogen-bond donors (Lipinski definition) is 2. The van der Waals surface area contributed by atoms with Gasteiger partial charge in [0.2, 0.25) is 0 Å². The Balaban J connectivity index is 2.90. The number of rotatable bonds is 2. The van der Waals surface area contributed by atoms with E-state index in [1.54, 1.807) is 19.2 Å². The number of aliphatic hydroxyl groups is 1. The van der Waals surface area contributed by atoms with Crippen molar-refractivity contribution in [1.29, 1.82) is 0 Å². The van der Waals surface area contributed by atoms with Crippen molar-refractivity contribution >= 4 is 11.6 Å². The highest BCUT2D eigenvalue weighted by Crippen LogP contribution is 2.19. The molecule has 0 aromatic heterocycles. The summed E-state index contributed by atoms with van der Waals surface area (Å²) in [6, 6.07) is 6.20. The van der Waals surface area contributed by atoms with Crippen molar-refractivity contribution in [3.05, 3.63) is 24.3 Å². The van der Waals surface area contributed by atoms with Crippen LogP contribution in [0.2, 0.25) is 0 Å². The molecule has 1 amide bonds. The van der Waals surface area contributed by atoms with Crippen LogP contribution < -0.4 is 4.90 Å². The lowest BCUT2D eigenvalue weighted by atomic mass is 10.1. The highest BCUT2D eigenvalue weighted by atomic mass is 16.3. The van der Waals surface area contributed by atoms with Gasteiger partial charge in [-0.25, -0.2) is 0 Å². The number of nitrogens with zero attached hydrogens (tertiary/aromatic N) is 1. The van der Waals surface area contributed by atoms with Gasteiger partial charge in [-0.05, 0) is 38.1 Å². The molecule has 15 heavy (non-hydrogen) atoms. The molecule has 0 bridgehead atoms. The van der Waals surface area contributed by atoms with Crippen LogP contribution >= 0.6 is 0 Å². The minimum absolute atomic E-state index is 0.142. The molecule has 82 valence electrons. The molecule has 0 aliphatic carbocycles. The van der Waals surface area contributed by atoms with Crippen molar-refractivity contribution in [2.45, 2.75) is 19.4 Å². The molecule has 1 aromatic rings. The number of amides is 1. The average Bonchev–Trinajstić information content (AvgIpc) is 2.15. The monoisotopic (exact) mass is 209 g/mol. The van der Waals surface area contributed by atoms with Gasteiger partial charge in [0, 0.05) is 12.7 Å². The SMILES string of the molecule is CN(C(=O)C(C)(C)O)c1ccc(O)cc1. The molecule has 0 aliphatic rings. The molecule has 1 rings (SSSR count). The van der Waals surface area contributed by atoms with Gasteiger partial charge in [0.15, 0.2) is 0 Å². The summed E-state index contributed by atoms with van der Waals surface area (Å²) >= 11 is 0. The molecule has 0 saturated carbocycles. The van der Waals surface area contributed by atoms with Crippen LogP contribution in [0, 0.1) is 0 Å². The average molecular weight is 209 g/mol. The van der Waals surface area contributed by atoms with Crippen molar-refractivity contribution in [3.8, 4) is 5.75 Å². The van der Waals surface area contributed by atoms with Crippen molar-refractivity contribution in [2.24, 2.45) is 0 Å². The number of aromatic hydroxyl groups is 1. The molecule has 4 nitrogen and oxygen atoms in total. The molecule has 0 aliphatic heterocycles. The topological polar surface area (TPSA) is 60.8 Å². The smallest absolute Gasteiger partial charge is 0.258 e. The van der Waals surface area contributed by atoms with Crippen LogP contribution in [-0.4, -0.2) is 28.8 Å². The number of phenols is 1. The van der Waals surface area contributed by atoms with Gasteiger partial charge in [-0.1, -0.05) is 0 Å². The van der Waals surface area contributed by atoms with E-state index in [0.717, 1.165) is 0 Å². The third-order valence-corrected chi connectivity index (χ3v) is 2.07. The van der Waals surface area contributed by atoms with E-state index >= 15 is 0 Å². The maximum atomic E-state index is 11.7. The molecule has 0 saturated heterocycles. The number of anilines is 1. The standard InChI is InChI=1S/C11H15NO3/c1-11(2,15)10(14)12(3)8-4-6-9(13)7-5-8/h4-7,13,15H,1-3H3. The van der Waals surface area contributed by atoms with E-state index in [0.29, 0.717) is 5.69 Å². The van der Waals surface area contributed by atoms with Crippen LogP contribution in [0.3, 0.4) is 0 Å². The van der Waals surface area contributed by atoms with E-state index in [-0.39, 0.29) is 5.75 Å². The van der Waals surface area contributed by atoms with Gasteiger partial charge in [-0.15, -0.1) is 0 Å². The first-order chi connectivity index (χ1) is 6.82. The second kappa shape index (κ2) is 3.90. The number of benzene rings is 1. The van der Waals surface area contributed by atoms with Crippen molar-refractivity contribution < 1.29 is 15.0 Å². The Morgan fingerprint density at radius 3 is 2.13 bits per heavy atom. The fourth-order valence-corrected chi connectivity index (χ4v) is 1.20. The normalized spacial score (nSPS) is 11.2. The first-order valence-corrected chi connectivity index (χ1v) is 4.62. The molecule has 0 spiro atoms. The van der Waals surface area contributed by atoms with E-state index in [1.807, 2.05) is 0 Å². The van der Waals surface area contributed by atoms with Crippen molar-refractivity contribution in [2.75, 3.05) is 11.9 Å². The van der Waals surface area contributed by atoms with Crippen LogP contribution in [0.4, 0.5) is 5.69 Å². The number of phenolic OH excluding ortho intramolecular Hbond substituents is 1. The van der Waals surface area contributed by atoms with Gasteiger partial charge in [0.25, 0.3) is 5.91 Å². The van der Waals surface area contributed by atoms with Gasteiger partial charge in [0.05, 0.1) is 0 Å². The maximum absolute atomic E-state index is 11.7. The lowest BCUT2D eigenvalue weighted by Crippen LogP contribution is -2.43. The van der Waals surface area contributed by atoms with Crippen LogP contribution in [-0.2, 0) is 4.79 Å². The predicted octanol–water partition coefficient (Wildman–Crippen LogP) is 1.13. The van der Waals surface area contributed by atoms with Crippen LogP contribution in [0.1, 0.15) is 13.8 Å². The molecular weight excluding hydrogens is 194 g/mol.